The number of anilines is 3. The van der Waals surface area contributed by atoms with Gasteiger partial charge in [-0.05, 0) is 109 Å². The highest BCUT2D eigenvalue weighted by Crippen LogP contribution is 2.66. The first-order valence-electron chi connectivity index (χ1n) is 18.8. The van der Waals surface area contributed by atoms with Crippen molar-refractivity contribution in [3.63, 3.8) is 0 Å². The summed E-state index contributed by atoms with van der Waals surface area (Å²) >= 11 is 0. The first kappa shape index (κ1) is 33.4. The van der Waals surface area contributed by atoms with Crippen molar-refractivity contribution in [3.05, 3.63) is 198 Å². The Kier molecular flexibility index (Phi) is 7.96. The van der Waals surface area contributed by atoms with E-state index in [4.69, 9.17) is 4.65 Å². The van der Waals surface area contributed by atoms with Crippen LogP contribution >= 0.6 is 0 Å². The molecular formula is C49H44BNO2. The van der Waals surface area contributed by atoms with E-state index >= 15 is 0 Å². The largest absolute Gasteiger partial charge is 0.427 e. The predicted octanol–water partition coefficient (Wildman–Crippen LogP) is 11.2. The van der Waals surface area contributed by atoms with Gasteiger partial charge in [-0.2, -0.15) is 0 Å². The number of fused-ring (bicyclic) bond motifs is 10. The van der Waals surface area contributed by atoms with Crippen molar-refractivity contribution < 1.29 is 9.76 Å². The molecule has 0 fully saturated rings. The lowest BCUT2D eigenvalue weighted by atomic mass is 9.63. The molecule has 0 bridgehead atoms. The second-order valence-electron chi connectivity index (χ2n) is 15.8. The molecule has 3 atom stereocenters. The Bertz CT molecular complexity index is 2370. The van der Waals surface area contributed by atoms with Crippen LogP contribution in [0.15, 0.2) is 175 Å². The van der Waals surface area contributed by atoms with Crippen molar-refractivity contribution in [3.8, 4) is 22.3 Å². The fourth-order valence-corrected chi connectivity index (χ4v) is 8.84. The van der Waals surface area contributed by atoms with Crippen LogP contribution in [0, 0.1) is 5.92 Å². The minimum atomic E-state index is -0.981. The molecule has 260 valence electrons. The van der Waals surface area contributed by atoms with Crippen molar-refractivity contribution in [2.75, 3.05) is 4.90 Å². The summed E-state index contributed by atoms with van der Waals surface area (Å²) in [6.45, 7) is 7.57. The zero-order valence-corrected chi connectivity index (χ0v) is 30.8. The molecule has 0 heterocycles. The van der Waals surface area contributed by atoms with Crippen LogP contribution in [0.25, 0.3) is 22.3 Å². The fourth-order valence-electron chi connectivity index (χ4n) is 8.84. The number of hydrogen-bond donors (Lipinski definition) is 1. The Labute approximate surface area is 314 Å². The van der Waals surface area contributed by atoms with E-state index in [1.165, 1.54) is 44.5 Å². The first-order valence-corrected chi connectivity index (χ1v) is 18.8. The monoisotopic (exact) mass is 689 g/mol. The van der Waals surface area contributed by atoms with Gasteiger partial charge in [0.25, 0.3) is 0 Å². The van der Waals surface area contributed by atoms with E-state index in [1.807, 2.05) is 27.7 Å². The second kappa shape index (κ2) is 12.6. The SMILES string of the molecule is CC(C)(O)C(C)(C)OBC1=CC2C(C=C1)c1ccccc1C21c2ccccc2-c2ccc(N(c3ccccc3)c3ccc(-c4ccccc4)cc3)cc21. The number of hydrogen-bond acceptors (Lipinski definition) is 3. The molecule has 0 saturated heterocycles. The van der Waals surface area contributed by atoms with Gasteiger partial charge in [-0.1, -0.05) is 139 Å². The van der Waals surface area contributed by atoms with Crippen molar-refractivity contribution in [2.45, 2.75) is 50.2 Å². The van der Waals surface area contributed by atoms with Crippen LogP contribution < -0.4 is 4.90 Å². The maximum absolute atomic E-state index is 10.9. The van der Waals surface area contributed by atoms with Crippen LogP contribution in [0.1, 0.15) is 55.9 Å². The van der Waals surface area contributed by atoms with E-state index in [9.17, 15) is 5.11 Å². The van der Waals surface area contributed by atoms with Gasteiger partial charge in [0.15, 0.2) is 0 Å². The minimum Gasteiger partial charge on any atom is -0.427 e. The number of para-hydroxylation sites is 1. The van der Waals surface area contributed by atoms with Gasteiger partial charge in [0.2, 0.25) is 0 Å². The molecular weight excluding hydrogens is 645 g/mol. The van der Waals surface area contributed by atoms with E-state index in [0.717, 1.165) is 22.5 Å². The average molecular weight is 690 g/mol. The number of allylic oxidation sites excluding steroid dienone is 4. The maximum Gasteiger partial charge on any atom is 0.309 e. The molecule has 3 aliphatic rings. The molecule has 0 aromatic heterocycles. The third kappa shape index (κ3) is 5.35. The van der Waals surface area contributed by atoms with Gasteiger partial charge in [0, 0.05) is 28.9 Å². The summed E-state index contributed by atoms with van der Waals surface area (Å²) in [6.07, 6.45) is 7.11. The number of aliphatic hydroxyl groups is 1. The average Bonchev–Trinajstić information content (AvgIpc) is 3.64. The predicted molar refractivity (Wildman–Crippen MR) is 220 cm³/mol. The lowest BCUT2D eigenvalue weighted by Crippen LogP contribution is -2.48. The lowest BCUT2D eigenvalue weighted by Gasteiger charge is -2.39. The Morgan fingerprint density at radius 3 is 1.92 bits per heavy atom. The zero-order chi connectivity index (χ0) is 36.4. The summed E-state index contributed by atoms with van der Waals surface area (Å²) < 4.78 is 6.46. The molecule has 3 aliphatic carbocycles. The molecule has 0 radical (unpaired) electrons. The molecule has 0 amide bonds. The van der Waals surface area contributed by atoms with Gasteiger partial charge in [0.05, 0.1) is 16.6 Å². The molecule has 4 heteroatoms. The quantitative estimate of drug-likeness (QED) is 0.162. The van der Waals surface area contributed by atoms with Crippen molar-refractivity contribution in [2.24, 2.45) is 5.92 Å². The molecule has 9 rings (SSSR count). The number of nitrogens with zero attached hydrogens (tertiary/aromatic N) is 1. The fraction of sp³-hybridized carbons (Fsp3) is 0.184. The summed E-state index contributed by atoms with van der Waals surface area (Å²) in [4.78, 5) is 2.39. The van der Waals surface area contributed by atoms with E-state index in [1.54, 1.807) is 0 Å². The minimum absolute atomic E-state index is 0.140. The standard InChI is InChI=1S/C49H44BNO2/c1-47(2,52)48(3,4)53-50-35-25-29-41-39-19-11-13-21-43(39)49(45(41)31-35)44-22-14-12-20-40(44)42-30-28-38(32-46(42)49)51(36-17-9-6-10-18-36)37-26-23-34(24-27-37)33-15-7-5-8-16-33/h5-32,41,45,50,52H,1-4H3. The van der Waals surface area contributed by atoms with E-state index in [-0.39, 0.29) is 11.8 Å². The lowest BCUT2D eigenvalue weighted by molar-refractivity contribution is -0.0896. The van der Waals surface area contributed by atoms with Crippen LogP contribution in [-0.2, 0) is 10.1 Å². The molecule has 6 aromatic carbocycles. The molecule has 1 spiro atoms. The van der Waals surface area contributed by atoms with Crippen molar-refractivity contribution in [1.82, 2.24) is 0 Å². The summed E-state index contributed by atoms with van der Waals surface area (Å²) in [5.41, 5.74) is 12.8. The summed E-state index contributed by atoms with van der Waals surface area (Å²) in [5, 5.41) is 10.9. The Morgan fingerprint density at radius 1 is 0.604 bits per heavy atom. The van der Waals surface area contributed by atoms with Crippen LogP contribution in [0.4, 0.5) is 17.1 Å². The van der Waals surface area contributed by atoms with E-state index in [0.29, 0.717) is 7.48 Å². The van der Waals surface area contributed by atoms with E-state index < -0.39 is 16.6 Å². The molecule has 0 saturated carbocycles. The maximum atomic E-state index is 10.9. The highest BCUT2D eigenvalue weighted by atomic mass is 16.5. The van der Waals surface area contributed by atoms with E-state index in [2.05, 4.69) is 175 Å². The Balaban J connectivity index is 1.21. The van der Waals surface area contributed by atoms with Crippen LogP contribution in [0.2, 0.25) is 0 Å². The van der Waals surface area contributed by atoms with Gasteiger partial charge < -0.3 is 14.7 Å². The molecule has 53 heavy (non-hydrogen) atoms. The Morgan fingerprint density at radius 2 is 1.19 bits per heavy atom. The van der Waals surface area contributed by atoms with Crippen LogP contribution in [0.5, 0.6) is 0 Å². The van der Waals surface area contributed by atoms with Gasteiger partial charge in [-0.25, -0.2) is 0 Å². The third-order valence-electron chi connectivity index (χ3n) is 12.2. The molecule has 3 unspecified atom stereocenters. The zero-order valence-electron chi connectivity index (χ0n) is 30.8. The van der Waals surface area contributed by atoms with Crippen LogP contribution in [-0.4, -0.2) is 23.8 Å². The summed E-state index contributed by atoms with van der Waals surface area (Å²) in [5.74, 6) is 0.359. The molecule has 0 aliphatic heterocycles. The number of rotatable bonds is 8. The first-order chi connectivity index (χ1) is 25.7. The van der Waals surface area contributed by atoms with Gasteiger partial charge in [-0.15, -0.1) is 0 Å². The molecule has 3 nitrogen and oxygen atoms in total. The van der Waals surface area contributed by atoms with Gasteiger partial charge in [-0.3, -0.25) is 0 Å². The summed E-state index contributed by atoms with van der Waals surface area (Å²) in [7, 11) is 0.429. The topological polar surface area (TPSA) is 32.7 Å². The highest BCUT2D eigenvalue weighted by Gasteiger charge is 2.57. The van der Waals surface area contributed by atoms with Gasteiger partial charge >= 0.3 is 7.48 Å². The molecule has 1 N–H and O–H groups in total. The summed E-state index contributed by atoms with van der Waals surface area (Å²) in [6, 6.07) is 55.4. The second-order valence-corrected chi connectivity index (χ2v) is 15.8. The smallest absolute Gasteiger partial charge is 0.309 e. The molecule has 6 aromatic rings. The van der Waals surface area contributed by atoms with Crippen molar-refractivity contribution in [1.29, 1.82) is 0 Å². The third-order valence-corrected chi connectivity index (χ3v) is 12.2. The van der Waals surface area contributed by atoms with Crippen LogP contribution in [0.3, 0.4) is 0 Å². The Hall–Kier alpha value is -5.42. The van der Waals surface area contributed by atoms with Gasteiger partial charge in [0.1, 0.15) is 0 Å². The van der Waals surface area contributed by atoms with Crippen molar-refractivity contribution >= 4 is 24.5 Å². The normalized spacial score (nSPS) is 19.6. The highest BCUT2D eigenvalue weighted by molar-refractivity contribution is 6.39. The number of benzene rings is 6.